The Labute approximate surface area is 191 Å². The molecule has 1 aliphatic heterocycles. The molecule has 1 N–H and O–H groups in total. The summed E-state index contributed by atoms with van der Waals surface area (Å²) in [5, 5.41) is 7.99. The number of hydrogen-bond acceptors (Lipinski definition) is 4. The van der Waals surface area contributed by atoms with E-state index in [1.807, 2.05) is 54.3 Å². The first-order valence-corrected chi connectivity index (χ1v) is 11.6. The van der Waals surface area contributed by atoms with E-state index in [0.29, 0.717) is 24.1 Å². The zero-order valence-electron chi connectivity index (χ0n) is 18.6. The molecule has 3 heterocycles. The van der Waals surface area contributed by atoms with Gasteiger partial charge < -0.3 is 9.32 Å². The largest absolute Gasteiger partial charge is 0.461 e. The minimum absolute atomic E-state index is 0.239. The van der Waals surface area contributed by atoms with E-state index in [-0.39, 0.29) is 11.6 Å². The van der Waals surface area contributed by atoms with Crippen LogP contribution in [0.1, 0.15) is 30.8 Å². The van der Waals surface area contributed by atoms with E-state index in [1.54, 1.807) is 4.57 Å². The van der Waals surface area contributed by atoms with Crippen molar-refractivity contribution in [1.29, 1.82) is 0 Å². The first-order chi connectivity index (χ1) is 16.0. The van der Waals surface area contributed by atoms with Crippen LogP contribution in [0, 0.1) is 18.8 Å². The maximum absolute atomic E-state index is 12.6. The minimum Gasteiger partial charge on any atom is -0.461 e. The van der Waals surface area contributed by atoms with Crippen LogP contribution in [0.2, 0.25) is 0 Å². The van der Waals surface area contributed by atoms with Gasteiger partial charge in [0.05, 0.1) is 5.69 Å². The van der Waals surface area contributed by atoms with E-state index in [4.69, 9.17) is 4.42 Å². The number of likely N-dealkylation sites (tertiary alicyclic amines) is 1. The number of carbonyl (C=O) groups is 1. The predicted molar refractivity (Wildman–Crippen MR) is 125 cm³/mol. The molecule has 2 aromatic heterocycles. The van der Waals surface area contributed by atoms with Crippen molar-refractivity contribution in [2.75, 3.05) is 13.1 Å². The van der Waals surface area contributed by atoms with Crippen molar-refractivity contribution in [1.82, 2.24) is 19.7 Å². The number of aromatic amines is 1. The van der Waals surface area contributed by atoms with Crippen LogP contribution < -0.4 is 5.69 Å². The SMILES string of the molecule is Cc1cc2cc(-c3ccc(-n4c(C[C@@H]5CCN(C(=O)C6CC6)C5)n[nH]c4=O)cc3)ccc2o1. The van der Waals surface area contributed by atoms with E-state index in [1.165, 1.54) is 0 Å². The van der Waals surface area contributed by atoms with Gasteiger partial charge >= 0.3 is 5.69 Å². The summed E-state index contributed by atoms with van der Waals surface area (Å²) in [5.74, 6) is 2.49. The van der Waals surface area contributed by atoms with Gasteiger partial charge in [-0.15, -0.1) is 0 Å². The molecule has 0 spiro atoms. The molecule has 1 amide bonds. The van der Waals surface area contributed by atoms with Gasteiger partial charge in [0.25, 0.3) is 0 Å². The lowest BCUT2D eigenvalue weighted by Crippen LogP contribution is -2.30. The third kappa shape index (κ3) is 3.77. The molecular formula is C26H26N4O3. The molecule has 1 aliphatic carbocycles. The third-order valence-electron chi connectivity index (χ3n) is 6.84. The van der Waals surface area contributed by atoms with Gasteiger partial charge in [0.1, 0.15) is 17.2 Å². The molecule has 4 aromatic rings. The molecule has 2 aromatic carbocycles. The van der Waals surface area contributed by atoms with E-state index < -0.39 is 0 Å². The second-order valence-electron chi connectivity index (χ2n) is 9.35. The summed E-state index contributed by atoms with van der Waals surface area (Å²) in [4.78, 5) is 26.9. The summed E-state index contributed by atoms with van der Waals surface area (Å²) in [5.41, 5.74) is 3.60. The Kier molecular flexibility index (Phi) is 4.71. The molecular weight excluding hydrogens is 416 g/mol. The smallest absolute Gasteiger partial charge is 0.347 e. The average molecular weight is 443 g/mol. The monoisotopic (exact) mass is 442 g/mol. The standard InChI is InChI=1S/C26H26N4O3/c1-16-12-21-14-20(6-9-23(21)33-16)18-4-7-22(8-5-18)30-24(27-28-26(30)32)13-17-10-11-29(15-17)25(31)19-2-3-19/h4-9,12,14,17,19H,2-3,10-11,13,15H2,1H3,(H,28,32)/t17-/m0/s1. The van der Waals surface area contributed by atoms with Crippen LogP contribution in [0.5, 0.6) is 0 Å². The lowest BCUT2D eigenvalue weighted by atomic mass is 10.0. The molecule has 6 rings (SSSR count). The zero-order chi connectivity index (χ0) is 22.5. The number of carbonyl (C=O) groups excluding carboxylic acids is 1. The number of fused-ring (bicyclic) bond motifs is 1. The molecule has 33 heavy (non-hydrogen) atoms. The van der Waals surface area contributed by atoms with Gasteiger partial charge in [-0.3, -0.25) is 4.79 Å². The Morgan fingerprint density at radius 2 is 1.88 bits per heavy atom. The number of nitrogens with zero attached hydrogens (tertiary/aromatic N) is 3. The highest BCUT2D eigenvalue weighted by atomic mass is 16.3. The van der Waals surface area contributed by atoms with Crippen molar-refractivity contribution in [3.63, 3.8) is 0 Å². The molecule has 2 fully saturated rings. The van der Waals surface area contributed by atoms with Crippen molar-refractivity contribution in [2.45, 2.75) is 32.6 Å². The third-order valence-corrected chi connectivity index (χ3v) is 6.84. The summed E-state index contributed by atoms with van der Waals surface area (Å²) < 4.78 is 7.32. The number of H-pyrrole nitrogens is 1. The Balaban J connectivity index is 1.22. The predicted octanol–water partition coefficient (Wildman–Crippen LogP) is 4.08. The lowest BCUT2D eigenvalue weighted by molar-refractivity contribution is -0.131. The summed E-state index contributed by atoms with van der Waals surface area (Å²) in [6.45, 7) is 3.51. The van der Waals surface area contributed by atoms with Gasteiger partial charge in [-0.2, -0.15) is 5.10 Å². The molecule has 2 aliphatic rings. The maximum Gasteiger partial charge on any atom is 0.347 e. The van der Waals surface area contributed by atoms with Gasteiger partial charge in [-0.05, 0) is 73.6 Å². The van der Waals surface area contributed by atoms with E-state index in [0.717, 1.165) is 65.9 Å². The summed E-state index contributed by atoms with van der Waals surface area (Å²) in [7, 11) is 0. The maximum atomic E-state index is 12.6. The molecule has 7 heteroatoms. The zero-order valence-corrected chi connectivity index (χ0v) is 18.6. The van der Waals surface area contributed by atoms with Gasteiger partial charge in [0, 0.05) is 30.8 Å². The molecule has 0 radical (unpaired) electrons. The van der Waals surface area contributed by atoms with E-state index in [9.17, 15) is 9.59 Å². The van der Waals surface area contributed by atoms with Gasteiger partial charge in [-0.1, -0.05) is 18.2 Å². The van der Waals surface area contributed by atoms with Crippen molar-refractivity contribution < 1.29 is 9.21 Å². The second-order valence-corrected chi connectivity index (χ2v) is 9.35. The van der Waals surface area contributed by atoms with E-state index >= 15 is 0 Å². The highest BCUT2D eigenvalue weighted by Gasteiger charge is 2.36. The number of hydrogen-bond donors (Lipinski definition) is 1. The van der Waals surface area contributed by atoms with Crippen molar-refractivity contribution in [3.8, 4) is 16.8 Å². The van der Waals surface area contributed by atoms with Crippen molar-refractivity contribution >= 4 is 16.9 Å². The van der Waals surface area contributed by atoms with Crippen LogP contribution in [0.25, 0.3) is 27.8 Å². The molecule has 1 saturated carbocycles. The minimum atomic E-state index is -0.239. The average Bonchev–Trinajstić information content (AvgIpc) is 3.28. The van der Waals surface area contributed by atoms with Gasteiger partial charge in [0.15, 0.2) is 0 Å². The van der Waals surface area contributed by atoms with Gasteiger partial charge in [0.2, 0.25) is 5.91 Å². The highest BCUT2D eigenvalue weighted by Crippen LogP contribution is 2.33. The Hall–Kier alpha value is -3.61. The number of rotatable bonds is 5. The molecule has 0 bridgehead atoms. The number of benzene rings is 2. The number of aryl methyl sites for hydroxylation is 1. The highest BCUT2D eigenvalue weighted by molar-refractivity contribution is 5.84. The fourth-order valence-electron chi connectivity index (χ4n) is 4.94. The molecule has 168 valence electrons. The van der Waals surface area contributed by atoms with Crippen LogP contribution in [-0.2, 0) is 11.2 Å². The van der Waals surface area contributed by atoms with Crippen LogP contribution in [0.4, 0.5) is 0 Å². The quantitative estimate of drug-likeness (QED) is 0.505. The number of aromatic nitrogens is 3. The molecule has 7 nitrogen and oxygen atoms in total. The topological polar surface area (TPSA) is 84.1 Å². The van der Waals surface area contributed by atoms with Crippen LogP contribution in [0.3, 0.4) is 0 Å². The first kappa shape index (κ1) is 20.0. The Bertz CT molecular complexity index is 1390. The van der Waals surface area contributed by atoms with Crippen LogP contribution >= 0.6 is 0 Å². The normalized spacial score (nSPS) is 18.3. The number of nitrogens with one attached hydrogen (secondary N) is 1. The fourth-order valence-corrected chi connectivity index (χ4v) is 4.94. The Morgan fingerprint density at radius 1 is 1.09 bits per heavy atom. The number of furan rings is 1. The summed E-state index contributed by atoms with van der Waals surface area (Å²) in [6, 6.07) is 16.2. The van der Waals surface area contributed by atoms with Crippen molar-refractivity contribution in [3.05, 3.63) is 70.6 Å². The van der Waals surface area contributed by atoms with Gasteiger partial charge in [-0.25, -0.2) is 14.5 Å². The summed E-state index contributed by atoms with van der Waals surface area (Å²) >= 11 is 0. The van der Waals surface area contributed by atoms with Crippen LogP contribution in [0.15, 0.2) is 57.7 Å². The fraction of sp³-hybridized carbons (Fsp3) is 0.346. The lowest BCUT2D eigenvalue weighted by Gasteiger charge is -2.16. The van der Waals surface area contributed by atoms with Crippen molar-refractivity contribution in [2.24, 2.45) is 11.8 Å². The molecule has 1 atom stereocenters. The van der Waals surface area contributed by atoms with Crippen LogP contribution in [-0.4, -0.2) is 38.7 Å². The molecule has 0 unspecified atom stereocenters. The molecule has 1 saturated heterocycles. The first-order valence-electron chi connectivity index (χ1n) is 11.6. The second kappa shape index (κ2) is 7.76. The van der Waals surface area contributed by atoms with E-state index in [2.05, 4.69) is 16.3 Å². The Morgan fingerprint density at radius 3 is 2.67 bits per heavy atom. The summed E-state index contributed by atoms with van der Waals surface area (Å²) in [6.07, 6.45) is 3.69. The number of amides is 1.